The van der Waals surface area contributed by atoms with Gasteiger partial charge in [0.25, 0.3) is 5.56 Å². The van der Waals surface area contributed by atoms with Gasteiger partial charge in [-0.25, -0.2) is 9.07 Å². The fourth-order valence-corrected chi connectivity index (χ4v) is 3.21. The van der Waals surface area contributed by atoms with E-state index < -0.39 is 5.82 Å². The van der Waals surface area contributed by atoms with Crippen molar-refractivity contribution in [2.45, 2.75) is 25.9 Å². The molecule has 1 heterocycles. The van der Waals surface area contributed by atoms with Crippen LogP contribution < -0.4 is 16.0 Å². The van der Waals surface area contributed by atoms with Gasteiger partial charge >= 0.3 is 0 Å². The molecule has 3 aromatic rings. The van der Waals surface area contributed by atoms with E-state index in [1.807, 2.05) is 24.3 Å². The van der Waals surface area contributed by atoms with Crippen molar-refractivity contribution < 1.29 is 9.13 Å². The van der Waals surface area contributed by atoms with E-state index in [2.05, 4.69) is 5.10 Å². The number of aromatic nitrogens is 2. The molecule has 0 spiro atoms. The van der Waals surface area contributed by atoms with E-state index in [4.69, 9.17) is 22.1 Å². The second-order valence-corrected chi connectivity index (χ2v) is 6.74. The highest BCUT2D eigenvalue weighted by Crippen LogP contribution is 2.24. The molecule has 0 radical (unpaired) electrons. The van der Waals surface area contributed by atoms with Gasteiger partial charge in [0.05, 0.1) is 12.8 Å². The lowest BCUT2D eigenvalue weighted by molar-refractivity contribution is 0.386. The lowest BCUT2D eigenvalue weighted by atomic mass is 10.1. The van der Waals surface area contributed by atoms with Crippen LogP contribution in [0.4, 0.5) is 4.39 Å². The second kappa shape index (κ2) is 8.99. The van der Waals surface area contributed by atoms with Crippen LogP contribution in [-0.2, 0) is 19.5 Å². The smallest absolute Gasteiger partial charge is 0.271 e. The first kappa shape index (κ1) is 20.0. The lowest BCUT2D eigenvalue weighted by Crippen LogP contribution is -2.28. The third kappa shape index (κ3) is 4.40. The molecule has 28 heavy (non-hydrogen) atoms. The Balaban J connectivity index is 1.87. The van der Waals surface area contributed by atoms with Crippen LogP contribution in [-0.4, -0.2) is 16.9 Å². The van der Waals surface area contributed by atoms with Gasteiger partial charge in [0.1, 0.15) is 0 Å². The van der Waals surface area contributed by atoms with Gasteiger partial charge < -0.3 is 10.5 Å². The SMILES string of the molecule is COc1ccc(-c2cc(CN)c(=O)n(CCCc3ccccc3Cl)n2)cc1F. The minimum absolute atomic E-state index is 0.0809. The average molecular weight is 402 g/mol. The van der Waals surface area contributed by atoms with E-state index in [9.17, 15) is 9.18 Å². The standard InChI is InChI=1S/C21H21ClFN3O2/c1-28-20-9-8-15(11-18(20)23)19-12-16(13-24)21(27)26(25-19)10-4-6-14-5-2-3-7-17(14)22/h2-3,5,7-9,11-12H,4,6,10,13,24H2,1H3. The fraction of sp³-hybridized carbons (Fsp3) is 0.238. The summed E-state index contributed by atoms with van der Waals surface area (Å²) in [6.45, 7) is 0.487. The Hall–Kier alpha value is -2.70. The molecule has 3 rings (SSSR count). The monoisotopic (exact) mass is 401 g/mol. The van der Waals surface area contributed by atoms with Crippen LogP contribution in [0.2, 0.25) is 5.02 Å². The van der Waals surface area contributed by atoms with Gasteiger partial charge in [0, 0.05) is 29.2 Å². The number of ether oxygens (including phenoxy) is 1. The first-order valence-electron chi connectivity index (χ1n) is 8.92. The van der Waals surface area contributed by atoms with Crippen molar-refractivity contribution in [1.29, 1.82) is 0 Å². The number of aryl methyl sites for hydroxylation is 2. The molecule has 5 nitrogen and oxygen atoms in total. The summed E-state index contributed by atoms with van der Waals surface area (Å²) in [7, 11) is 1.40. The van der Waals surface area contributed by atoms with Crippen molar-refractivity contribution >= 4 is 11.6 Å². The highest BCUT2D eigenvalue weighted by Gasteiger charge is 2.12. The number of hydrogen-bond donors (Lipinski definition) is 1. The maximum Gasteiger partial charge on any atom is 0.271 e. The molecular formula is C21H21ClFN3O2. The average Bonchev–Trinajstić information content (AvgIpc) is 2.70. The quantitative estimate of drug-likeness (QED) is 0.653. The molecule has 0 aliphatic carbocycles. The predicted octanol–water partition coefficient (Wildman–Crippen LogP) is 3.80. The summed E-state index contributed by atoms with van der Waals surface area (Å²) in [6, 6.07) is 13.8. The van der Waals surface area contributed by atoms with Crippen LogP contribution in [0.3, 0.4) is 0 Å². The minimum Gasteiger partial charge on any atom is -0.494 e. The zero-order valence-corrected chi connectivity index (χ0v) is 16.2. The molecule has 1 aromatic heterocycles. The first-order chi connectivity index (χ1) is 13.5. The molecule has 0 fully saturated rings. The van der Waals surface area contributed by atoms with Gasteiger partial charge in [0.15, 0.2) is 11.6 Å². The van der Waals surface area contributed by atoms with Crippen LogP contribution >= 0.6 is 11.6 Å². The maximum atomic E-state index is 14.1. The summed E-state index contributed by atoms with van der Waals surface area (Å²) in [5.74, 6) is -0.344. The predicted molar refractivity (Wildman–Crippen MR) is 108 cm³/mol. The minimum atomic E-state index is -0.493. The Morgan fingerprint density at radius 3 is 2.64 bits per heavy atom. The molecule has 0 amide bonds. The largest absolute Gasteiger partial charge is 0.494 e. The van der Waals surface area contributed by atoms with Crippen LogP contribution in [0.15, 0.2) is 53.3 Å². The Morgan fingerprint density at radius 2 is 1.96 bits per heavy atom. The van der Waals surface area contributed by atoms with Crippen LogP contribution in [0.1, 0.15) is 17.5 Å². The van der Waals surface area contributed by atoms with Crippen molar-refractivity contribution in [2.75, 3.05) is 7.11 Å². The number of benzene rings is 2. The van der Waals surface area contributed by atoms with Gasteiger partial charge in [-0.3, -0.25) is 4.79 Å². The first-order valence-corrected chi connectivity index (χ1v) is 9.29. The summed E-state index contributed by atoms with van der Waals surface area (Å²) < 4.78 is 20.4. The van der Waals surface area contributed by atoms with Crippen LogP contribution in [0.25, 0.3) is 11.3 Å². The molecule has 0 saturated heterocycles. The number of halogens is 2. The fourth-order valence-electron chi connectivity index (χ4n) is 2.98. The third-order valence-corrected chi connectivity index (χ3v) is 4.86. The van der Waals surface area contributed by atoms with Crippen molar-refractivity contribution in [3.05, 3.63) is 80.9 Å². The third-order valence-electron chi connectivity index (χ3n) is 4.49. The number of rotatable bonds is 7. The lowest BCUT2D eigenvalue weighted by Gasteiger charge is -2.11. The summed E-state index contributed by atoms with van der Waals surface area (Å²) in [5.41, 5.74) is 7.97. The van der Waals surface area contributed by atoms with Crippen molar-refractivity contribution in [1.82, 2.24) is 9.78 Å². The Bertz CT molecular complexity index is 1040. The number of nitrogens with two attached hydrogens (primary N) is 1. The van der Waals surface area contributed by atoms with Crippen LogP contribution in [0.5, 0.6) is 5.75 Å². The van der Waals surface area contributed by atoms with E-state index in [1.54, 1.807) is 12.1 Å². The molecule has 0 aliphatic rings. The molecule has 0 aliphatic heterocycles. The number of hydrogen-bond acceptors (Lipinski definition) is 4. The normalized spacial score (nSPS) is 10.9. The highest BCUT2D eigenvalue weighted by molar-refractivity contribution is 6.31. The van der Waals surface area contributed by atoms with Crippen molar-refractivity contribution in [3.63, 3.8) is 0 Å². The molecule has 0 unspecified atom stereocenters. The van der Waals surface area contributed by atoms with Gasteiger partial charge in [0.2, 0.25) is 0 Å². The Kier molecular flexibility index (Phi) is 6.44. The molecule has 0 saturated carbocycles. The van der Waals surface area contributed by atoms with Crippen LogP contribution in [0, 0.1) is 5.82 Å². The van der Waals surface area contributed by atoms with Gasteiger partial charge in [-0.2, -0.15) is 5.10 Å². The molecule has 0 bridgehead atoms. The molecule has 146 valence electrons. The van der Waals surface area contributed by atoms with E-state index in [-0.39, 0.29) is 17.9 Å². The van der Waals surface area contributed by atoms with E-state index in [0.717, 1.165) is 5.56 Å². The molecular weight excluding hydrogens is 381 g/mol. The summed E-state index contributed by atoms with van der Waals surface area (Å²) in [6.07, 6.45) is 1.40. The van der Waals surface area contributed by atoms with Gasteiger partial charge in [-0.05, 0) is 48.7 Å². The molecule has 7 heteroatoms. The zero-order chi connectivity index (χ0) is 20.1. The van der Waals surface area contributed by atoms with Gasteiger partial charge in [-0.1, -0.05) is 29.8 Å². The summed E-state index contributed by atoms with van der Waals surface area (Å²) in [4.78, 5) is 12.6. The van der Waals surface area contributed by atoms with E-state index >= 15 is 0 Å². The van der Waals surface area contributed by atoms with E-state index in [0.29, 0.717) is 41.2 Å². The Morgan fingerprint density at radius 1 is 1.18 bits per heavy atom. The van der Waals surface area contributed by atoms with Crippen molar-refractivity contribution in [3.8, 4) is 17.0 Å². The molecule has 2 aromatic carbocycles. The maximum absolute atomic E-state index is 14.1. The molecule has 0 atom stereocenters. The number of methoxy groups -OCH3 is 1. The molecule has 2 N–H and O–H groups in total. The highest BCUT2D eigenvalue weighted by atomic mass is 35.5. The summed E-state index contributed by atoms with van der Waals surface area (Å²) >= 11 is 6.18. The second-order valence-electron chi connectivity index (χ2n) is 6.33. The Labute approximate surface area is 167 Å². The van der Waals surface area contributed by atoms with E-state index in [1.165, 1.54) is 23.9 Å². The van der Waals surface area contributed by atoms with Gasteiger partial charge in [-0.15, -0.1) is 0 Å². The topological polar surface area (TPSA) is 70.1 Å². The number of nitrogens with zero attached hydrogens (tertiary/aromatic N) is 2. The van der Waals surface area contributed by atoms with Crippen molar-refractivity contribution in [2.24, 2.45) is 5.73 Å². The zero-order valence-electron chi connectivity index (χ0n) is 15.5. The summed E-state index contributed by atoms with van der Waals surface area (Å²) in [5, 5.41) is 5.11.